The van der Waals surface area contributed by atoms with Gasteiger partial charge < -0.3 is 5.73 Å². The Bertz CT molecular complexity index is 399. The van der Waals surface area contributed by atoms with E-state index in [9.17, 15) is 13.2 Å². The van der Waals surface area contributed by atoms with Crippen LogP contribution in [-0.4, -0.2) is 5.54 Å². The van der Waals surface area contributed by atoms with Crippen molar-refractivity contribution in [2.75, 3.05) is 0 Å². The summed E-state index contributed by atoms with van der Waals surface area (Å²) in [5.41, 5.74) is 5.83. The molecule has 0 unspecified atom stereocenters. The topological polar surface area (TPSA) is 26.0 Å². The maximum Gasteiger partial charge on any atom is 0.416 e. The van der Waals surface area contributed by atoms with Crippen LogP contribution in [-0.2, 0) is 6.18 Å². The van der Waals surface area contributed by atoms with Crippen LogP contribution < -0.4 is 5.73 Å². The summed E-state index contributed by atoms with van der Waals surface area (Å²) in [6.07, 6.45) is -2.69. The maximum absolute atomic E-state index is 12.5. The number of hydrogen-bond acceptors (Lipinski definition) is 1. The first-order valence-electron chi connectivity index (χ1n) is 5.33. The van der Waals surface area contributed by atoms with Crippen molar-refractivity contribution in [3.05, 3.63) is 35.4 Å². The highest BCUT2D eigenvalue weighted by Gasteiger charge is 2.50. The molecule has 2 N–H and O–H groups in total. The normalized spacial score (nSPS) is 29.2. The van der Waals surface area contributed by atoms with Crippen molar-refractivity contribution in [3.8, 4) is 0 Å². The molecule has 0 spiro atoms. The summed E-state index contributed by atoms with van der Waals surface area (Å²) in [4.78, 5) is 0. The average molecular weight is 229 g/mol. The van der Waals surface area contributed by atoms with E-state index in [-0.39, 0.29) is 11.5 Å². The molecular weight excluding hydrogens is 215 g/mol. The molecule has 1 nitrogen and oxygen atoms in total. The van der Waals surface area contributed by atoms with Crippen molar-refractivity contribution in [1.29, 1.82) is 0 Å². The highest BCUT2D eigenvalue weighted by Crippen LogP contribution is 2.51. The molecule has 1 aliphatic carbocycles. The van der Waals surface area contributed by atoms with E-state index in [0.717, 1.165) is 18.9 Å². The molecule has 1 fully saturated rings. The molecule has 0 aromatic heterocycles. The lowest BCUT2D eigenvalue weighted by Crippen LogP contribution is -2.22. The van der Waals surface area contributed by atoms with Gasteiger partial charge in [0.1, 0.15) is 0 Å². The number of rotatable bonds is 2. The summed E-state index contributed by atoms with van der Waals surface area (Å²) in [6.45, 7) is 1.97. The fraction of sp³-hybridized carbons (Fsp3) is 0.500. The van der Waals surface area contributed by atoms with E-state index in [1.165, 1.54) is 12.1 Å². The van der Waals surface area contributed by atoms with Gasteiger partial charge in [-0.2, -0.15) is 13.2 Å². The van der Waals surface area contributed by atoms with Gasteiger partial charge in [-0.25, -0.2) is 0 Å². The van der Waals surface area contributed by atoms with Crippen molar-refractivity contribution in [2.24, 2.45) is 5.73 Å². The summed E-state index contributed by atoms with van der Waals surface area (Å²) in [7, 11) is 0. The van der Waals surface area contributed by atoms with E-state index in [2.05, 4.69) is 0 Å². The summed E-state index contributed by atoms with van der Waals surface area (Å²) in [6, 6.07) is 5.49. The lowest BCUT2D eigenvalue weighted by atomic mass is 10.0. The van der Waals surface area contributed by atoms with E-state index in [4.69, 9.17) is 5.73 Å². The Balaban J connectivity index is 2.25. The van der Waals surface area contributed by atoms with E-state index in [1.807, 2.05) is 6.92 Å². The minimum Gasteiger partial charge on any atom is -0.325 e. The largest absolute Gasteiger partial charge is 0.416 e. The highest BCUT2D eigenvalue weighted by molar-refractivity contribution is 5.36. The van der Waals surface area contributed by atoms with Crippen LogP contribution in [0.5, 0.6) is 0 Å². The fourth-order valence-corrected chi connectivity index (χ4v) is 2.09. The van der Waals surface area contributed by atoms with Gasteiger partial charge in [-0.15, -0.1) is 0 Å². The molecule has 1 aromatic rings. The Morgan fingerprint density at radius 3 is 2.62 bits per heavy atom. The summed E-state index contributed by atoms with van der Waals surface area (Å²) in [5, 5.41) is 0. The molecule has 1 aliphatic rings. The number of alkyl halides is 3. The summed E-state index contributed by atoms with van der Waals surface area (Å²) >= 11 is 0. The summed E-state index contributed by atoms with van der Waals surface area (Å²) < 4.78 is 37.5. The zero-order chi connectivity index (χ0) is 12.0. The van der Waals surface area contributed by atoms with Crippen molar-refractivity contribution in [1.82, 2.24) is 0 Å². The first-order valence-corrected chi connectivity index (χ1v) is 5.33. The molecule has 0 radical (unpaired) electrons. The van der Waals surface area contributed by atoms with Crippen LogP contribution in [0, 0.1) is 0 Å². The molecule has 4 heteroatoms. The van der Waals surface area contributed by atoms with Crippen molar-refractivity contribution >= 4 is 0 Å². The van der Waals surface area contributed by atoms with E-state index < -0.39 is 11.7 Å². The molecule has 0 saturated heterocycles. The van der Waals surface area contributed by atoms with E-state index >= 15 is 0 Å². The molecular formula is C12H14F3N. The summed E-state index contributed by atoms with van der Waals surface area (Å²) in [5.74, 6) is 0.0831. The predicted molar refractivity (Wildman–Crippen MR) is 56.0 cm³/mol. The molecule has 2 rings (SSSR count). The Hall–Kier alpha value is -1.03. The van der Waals surface area contributed by atoms with Gasteiger partial charge in [0, 0.05) is 11.5 Å². The van der Waals surface area contributed by atoms with Crippen LogP contribution in [0.25, 0.3) is 0 Å². The molecule has 0 heterocycles. The number of hydrogen-bond donors (Lipinski definition) is 1. The van der Waals surface area contributed by atoms with Gasteiger partial charge in [0.25, 0.3) is 0 Å². The fourth-order valence-electron chi connectivity index (χ4n) is 2.09. The van der Waals surface area contributed by atoms with Gasteiger partial charge in [0.2, 0.25) is 0 Å². The minimum atomic E-state index is -4.27. The zero-order valence-corrected chi connectivity index (χ0v) is 9.01. The molecule has 1 saturated carbocycles. The van der Waals surface area contributed by atoms with E-state index in [1.54, 1.807) is 6.07 Å². The standard InChI is InChI=1S/C12H14F3N/c1-2-11(16)7-10(11)8-4-3-5-9(6-8)12(13,14)15/h3-6,10H,2,7,16H2,1H3/t10-,11-/m1/s1. The molecule has 0 bridgehead atoms. The number of nitrogens with two attached hydrogens (primary N) is 1. The van der Waals surface area contributed by atoms with Gasteiger partial charge in [-0.3, -0.25) is 0 Å². The van der Waals surface area contributed by atoms with Gasteiger partial charge >= 0.3 is 6.18 Å². The maximum atomic E-state index is 12.5. The van der Waals surface area contributed by atoms with Gasteiger partial charge in [0.15, 0.2) is 0 Å². The van der Waals surface area contributed by atoms with Crippen LogP contribution in [0.2, 0.25) is 0 Å². The van der Waals surface area contributed by atoms with Crippen LogP contribution in [0.3, 0.4) is 0 Å². The molecule has 16 heavy (non-hydrogen) atoms. The second kappa shape index (κ2) is 3.48. The third-order valence-electron chi connectivity index (χ3n) is 3.39. The lowest BCUT2D eigenvalue weighted by Gasteiger charge is -2.11. The Morgan fingerprint density at radius 2 is 2.12 bits per heavy atom. The van der Waals surface area contributed by atoms with E-state index in [0.29, 0.717) is 5.56 Å². The molecule has 2 atom stereocenters. The SMILES string of the molecule is CC[C@@]1(N)C[C@@H]1c1cccc(C(F)(F)F)c1. The number of benzene rings is 1. The smallest absolute Gasteiger partial charge is 0.325 e. The van der Waals surface area contributed by atoms with Gasteiger partial charge in [-0.05, 0) is 24.5 Å². The minimum absolute atomic E-state index is 0.0831. The second-order valence-electron chi connectivity index (χ2n) is 4.47. The molecule has 0 amide bonds. The van der Waals surface area contributed by atoms with Gasteiger partial charge in [-0.1, -0.05) is 25.1 Å². The first-order chi connectivity index (χ1) is 7.37. The monoisotopic (exact) mass is 229 g/mol. The van der Waals surface area contributed by atoms with Crippen molar-refractivity contribution < 1.29 is 13.2 Å². The Kier molecular flexibility index (Phi) is 2.49. The Morgan fingerprint density at radius 1 is 1.44 bits per heavy atom. The average Bonchev–Trinajstić information content (AvgIpc) is 2.91. The zero-order valence-electron chi connectivity index (χ0n) is 9.01. The van der Waals surface area contributed by atoms with Crippen LogP contribution in [0.1, 0.15) is 36.8 Å². The van der Waals surface area contributed by atoms with Crippen molar-refractivity contribution in [3.63, 3.8) is 0 Å². The second-order valence-corrected chi connectivity index (χ2v) is 4.47. The molecule has 1 aromatic carbocycles. The third kappa shape index (κ3) is 1.94. The third-order valence-corrected chi connectivity index (χ3v) is 3.39. The van der Waals surface area contributed by atoms with Crippen LogP contribution >= 0.6 is 0 Å². The quantitative estimate of drug-likeness (QED) is 0.827. The predicted octanol–water partition coefficient (Wildman–Crippen LogP) is 3.30. The van der Waals surface area contributed by atoms with Crippen LogP contribution in [0.15, 0.2) is 24.3 Å². The number of halogens is 3. The molecule has 0 aliphatic heterocycles. The Labute approximate surface area is 92.5 Å². The highest BCUT2D eigenvalue weighted by atomic mass is 19.4. The molecule has 88 valence electrons. The van der Waals surface area contributed by atoms with Crippen LogP contribution in [0.4, 0.5) is 13.2 Å². The van der Waals surface area contributed by atoms with Crippen molar-refractivity contribution in [2.45, 2.75) is 37.4 Å². The first kappa shape index (κ1) is 11.5. The van der Waals surface area contributed by atoms with Gasteiger partial charge in [0.05, 0.1) is 5.56 Å². The lowest BCUT2D eigenvalue weighted by molar-refractivity contribution is -0.137.